The molecule has 3 fully saturated rings. The highest BCUT2D eigenvalue weighted by atomic mass is 16.5. The van der Waals surface area contributed by atoms with E-state index in [2.05, 4.69) is 27.7 Å². The van der Waals surface area contributed by atoms with Crippen molar-refractivity contribution < 1.29 is 4.74 Å². The molecule has 76 valence electrons. The number of hydrogen-bond donors (Lipinski definition) is 0. The SMILES string of the molecule is CCC12CC(CC(C)(C)C)(CO1)C2. The summed E-state index contributed by atoms with van der Waals surface area (Å²) >= 11 is 0. The van der Waals surface area contributed by atoms with Crippen molar-refractivity contribution in [3.05, 3.63) is 0 Å². The lowest BCUT2D eigenvalue weighted by molar-refractivity contribution is -0.0263. The van der Waals surface area contributed by atoms with Gasteiger partial charge in [-0.15, -0.1) is 0 Å². The molecule has 0 unspecified atom stereocenters. The Morgan fingerprint density at radius 3 is 2.23 bits per heavy atom. The molecule has 3 rings (SSSR count). The second-order valence-corrected chi connectivity index (χ2v) is 6.42. The Bertz CT molecular complexity index is 206. The zero-order valence-corrected chi connectivity index (χ0v) is 9.44. The van der Waals surface area contributed by atoms with Crippen LogP contribution in [-0.4, -0.2) is 12.2 Å². The van der Waals surface area contributed by atoms with Crippen molar-refractivity contribution in [2.45, 2.75) is 59.0 Å². The molecule has 2 aliphatic heterocycles. The minimum absolute atomic E-state index is 0.311. The van der Waals surface area contributed by atoms with Gasteiger partial charge in [-0.05, 0) is 36.5 Å². The summed E-state index contributed by atoms with van der Waals surface area (Å²) < 4.78 is 5.91. The lowest BCUT2D eigenvalue weighted by Crippen LogP contribution is -2.45. The molecule has 2 saturated heterocycles. The van der Waals surface area contributed by atoms with Crippen LogP contribution in [0.5, 0.6) is 0 Å². The third-order valence-corrected chi connectivity index (χ3v) is 3.63. The molecule has 0 atom stereocenters. The molecule has 2 bridgehead atoms. The first-order chi connectivity index (χ1) is 5.89. The van der Waals surface area contributed by atoms with Gasteiger partial charge in [-0.1, -0.05) is 27.7 Å². The minimum atomic E-state index is 0.311. The van der Waals surface area contributed by atoms with Crippen LogP contribution in [-0.2, 0) is 4.74 Å². The van der Waals surface area contributed by atoms with E-state index in [1.807, 2.05) is 0 Å². The topological polar surface area (TPSA) is 9.23 Å². The molecule has 2 heterocycles. The molecular weight excluding hydrogens is 160 g/mol. The van der Waals surface area contributed by atoms with Crippen molar-refractivity contribution in [3.63, 3.8) is 0 Å². The average molecular weight is 182 g/mol. The summed E-state index contributed by atoms with van der Waals surface area (Å²) in [6.45, 7) is 10.3. The maximum absolute atomic E-state index is 5.91. The van der Waals surface area contributed by atoms with Crippen molar-refractivity contribution in [1.82, 2.24) is 0 Å². The smallest absolute Gasteiger partial charge is 0.0692 e. The van der Waals surface area contributed by atoms with E-state index in [1.54, 1.807) is 0 Å². The summed E-state index contributed by atoms with van der Waals surface area (Å²) in [7, 11) is 0. The zero-order chi connectivity index (χ0) is 9.74. The van der Waals surface area contributed by atoms with Gasteiger partial charge in [-0.3, -0.25) is 0 Å². The van der Waals surface area contributed by atoms with Crippen molar-refractivity contribution in [1.29, 1.82) is 0 Å². The van der Waals surface area contributed by atoms with Gasteiger partial charge in [-0.2, -0.15) is 0 Å². The quantitative estimate of drug-likeness (QED) is 0.636. The first kappa shape index (κ1) is 9.51. The lowest BCUT2D eigenvalue weighted by atomic mass is 9.57. The Morgan fingerprint density at radius 2 is 1.85 bits per heavy atom. The van der Waals surface area contributed by atoms with E-state index in [0.717, 1.165) is 6.61 Å². The molecule has 0 N–H and O–H groups in total. The molecule has 1 aliphatic carbocycles. The van der Waals surface area contributed by atoms with Gasteiger partial charge >= 0.3 is 0 Å². The van der Waals surface area contributed by atoms with Crippen LogP contribution < -0.4 is 0 Å². The predicted octanol–water partition coefficient (Wildman–Crippen LogP) is 3.38. The monoisotopic (exact) mass is 182 g/mol. The van der Waals surface area contributed by atoms with Gasteiger partial charge in [0.05, 0.1) is 12.2 Å². The predicted molar refractivity (Wildman–Crippen MR) is 54.7 cm³/mol. The molecule has 13 heavy (non-hydrogen) atoms. The van der Waals surface area contributed by atoms with E-state index in [0.29, 0.717) is 16.4 Å². The molecule has 0 amide bonds. The summed E-state index contributed by atoms with van der Waals surface area (Å²) in [4.78, 5) is 0. The number of ether oxygens (including phenoxy) is 1. The fourth-order valence-corrected chi connectivity index (χ4v) is 3.48. The van der Waals surface area contributed by atoms with E-state index in [4.69, 9.17) is 4.74 Å². The fraction of sp³-hybridized carbons (Fsp3) is 1.00. The molecule has 0 spiro atoms. The largest absolute Gasteiger partial charge is 0.374 e. The Hall–Kier alpha value is -0.0400. The van der Waals surface area contributed by atoms with Crippen molar-refractivity contribution in [3.8, 4) is 0 Å². The molecule has 1 heteroatoms. The van der Waals surface area contributed by atoms with Crippen LogP contribution in [0, 0.1) is 10.8 Å². The highest BCUT2D eigenvalue weighted by molar-refractivity contribution is 5.11. The van der Waals surface area contributed by atoms with Gasteiger partial charge in [0.15, 0.2) is 0 Å². The summed E-state index contributed by atoms with van der Waals surface area (Å²) in [5, 5.41) is 0. The molecule has 0 aromatic heterocycles. The average Bonchev–Trinajstić information content (AvgIpc) is 2.38. The van der Waals surface area contributed by atoms with Crippen molar-refractivity contribution in [2.75, 3.05) is 6.61 Å². The van der Waals surface area contributed by atoms with Crippen LogP contribution in [0.25, 0.3) is 0 Å². The van der Waals surface area contributed by atoms with Gasteiger partial charge in [0.25, 0.3) is 0 Å². The summed E-state index contributed by atoms with van der Waals surface area (Å²) in [5.74, 6) is 0. The van der Waals surface area contributed by atoms with Gasteiger partial charge in [0.2, 0.25) is 0 Å². The summed E-state index contributed by atoms with van der Waals surface area (Å²) in [5.41, 5.74) is 1.34. The minimum Gasteiger partial charge on any atom is -0.374 e. The van der Waals surface area contributed by atoms with Crippen LogP contribution in [0.3, 0.4) is 0 Å². The normalized spacial score (nSPS) is 43.4. The molecule has 3 aliphatic rings. The van der Waals surface area contributed by atoms with Crippen molar-refractivity contribution >= 4 is 0 Å². The molecule has 0 aromatic rings. The van der Waals surface area contributed by atoms with Crippen LogP contribution in [0.15, 0.2) is 0 Å². The second-order valence-electron chi connectivity index (χ2n) is 6.42. The molecule has 1 nitrogen and oxygen atoms in total. The Morgan fingerprint density at radius 1 is 1.23 bits per heavy atom. The first-order valence-corrected chi connectivity index (χ1v) is 5.53. The fourth-order valence-electron chi connectivity index (χ4n) is 3.48. The Labute approximate surface area is 81.9 Å². The van der Waals surface area contributed by atoms with E-state index in [9.17, 15) is 0 Å². The van der Waals surface area contributed by atoms with Crippen LogP contribution in [0.2, 0.25) is 0 Å². The molecular formula is C12H22O. The van der Waals surface area contributed by atoms with E-state index in [1.165, 1.54) is 25.7 Å². The zero-order valence-electron chi connectivity index (χ0n) is 9.44. The lowest BCUT2D eigenvalue weighted by Gasteiger charge is -2.47. The highest BCUT2D eigenvalue weighted by Gasteiger charge is 2.61. The Kier molecular flexibility index (Phi) is 1.83. The van der Waals surface area contributed by atoms with Crippen LogP contribution in [0.1, 0.15) is 53.4 Å². The number of fused-ring (bicyclic) bond motifs is 1. The third-order valence-electron chi connectivity index (χ3n) is 3.63. The third kappa shape index (κ3) is 1.52. The maximum atomic E-state index is 5.91. The van der Waals surface area contributed by atoms with Gasteiger partial charge in [0.1, 0.15) is 0 Å². The Balaban J connectivity index is 1.98. The first-order valence-electron chi connectivity index (χ1n) is 5.53. The standard InChI is InChI=1S/C12H22O/c1-5-12-7-11(8-12,9-13-12)6-10(2,3)4/h5-9H2,1-4H3. The van der Waals surface area contributed by atoms with E-state index >= 15 is 0 Å². The summed E-state index contributed by atoms with van der Waals surface area (Å²) in [6, 6.07) is 0. The molecule has 0 radical (unpaired) electrons. The van der Waals surface area contributed by atoms with Gasteiger partial charge in [0, 0.05) is 0 Å². The van der Waals surface area contributed by atoms with E-state index in [-0.39, 0.29) is 0 Å². The van der Waals surface area contributed by atoms with Crippen LogP contribution in [0.4, 0.5) is 0 Å². The molecule has 0 aromatic carbocycles. The number of rotatable bonds is 2. The van der Waals surface area contributed by atoms with Gasteiger partial charge < -0.3 is 4.74 Å². The highest BCUT2D eigenvalue weighted by Crippen LogP contribution is 2.63. The van der Waals surface area contributed by atoms with Crippen LogP contribution >= 0.6 is 0 Å². The number of hydrogen-bond acceptors (Lipinski definition) is 1. The van der Waals surface area contributed by atoms with Gasteiger partial charge in [-0.25, -0.2) is 0 Å². The summed E-state index contributed by atoms with van der Waals surface area (Å²) in [6.07, 6.45) is 5.20. The van der Waals surface area contributed by atoms with E-state index < -0.39 is 0 Å². The van der Waals surface area contributed by atoms with Crippen molar-refractivity contribution in [2.24, 2.45) is 10.8 Å². The maximum Gasteiger partial charge on any atom is 0.0692 e. The molecule has 1 saturated carbocycles. The second kappa shape index (κ2) is 2.50.